The number of aromatic hydroxyl groups is 1. The fraction of sp³-hybridized carbons (Fsp3) is 0.200. The quantitative estimate of drug-likeness (QED) is 0.909. The zero-order chi connectivity index (χ0) is 15.7. The molecule has 0 aliphatic carbocycles. The van der Waals surface area contributed by atoms with Crippen molar-refractivity contribution in [1.29, 1.82) is 0 Å². The Hall–Kier alpha value is -2.76. The number of benzene rings is 1. The highest BCUT2D eigenvalue weighted by molar-refractivity contribution is 5.78. The van der Waals surface area contributed by atoms with E-state index in [1.807, 2.05) is 0 Å². The van der Waals surface area contributed by atoms with Gasteiger partial charge in [-0.15, -0.1) is 0 Å². The molecule has 0 aliphatic heterocycles. The first-order chi connectivity index (χ1) is 9.86. The molecule has 0 atom stereocenters. The summed E-state index contributed by atoms with van der Waals surface area (Å²) in [7, 11) is 4.42. The second-order valence-electron chi connectivity index (χ2n) is 4.67. The van der Waals surface area contributed by atoms with Crippen LogP contribution in [0.25, 0.3) is 5.57 Å². The van der Waals surface area contributed by atoms with Crippen molar-refractivity contribution in [3.05, 3.63) is 62.9 Å². The van der Waals surface area contributed by atoms with Crippen LogP contribution in [-0.4, -0.2) is 21.4 Å². The van der Waals surface area contributed by atoms with Gasteiger partial charge < -0.3 is 14.4 Å². The SMILES string of the molecule is C=C(c1ccc(OC)c(O)c1)c1cn(C)c(=O)n(C)c1=O. The van der Waals surface area contributed by atoms with Crippen molar-refractivity contribution in [2.75, 3.05) is 7.11 Å². The zero-order valence-corrected chi connectivity index (χ0v) is 12.1. The van der Waals surface area contributed by atoms with Gasteiger partial charge in [-0.3, -0.25) is 9.36 Å². The largest absolute Gasteiger partial charge is 0.504 e. The average molecular weight is 288 g/mol. The molecular formula is C15H16N2O4. The summed E-state index contributed by atoms with van der Waals surface area (Å²) in [5, 5.41) is 9.81. The van der Waals surface area contributed by atoms with Gasteiger partial charge in [-0.1, -0.05) is 12.6 Å². The molecule has 1 heterocycles. The molecule has 6 nitrogen and oxygen atoms in total. The van der Waals surface area contributed by atoms with E-state index in [2.05, 4.69) is 6.58 Å². The summed E-state index contributed by atoms with van der Waals surface area (Å²) in [5.41, 5.74) is 0.449. The van der Waals surface area contributed by atoms with Gasteiger partial charge in [0.2, 0.25) is 0 Å². The fourth-order valence-corrected chi connectivity index (χ4v) is 2.05. The highest BCUT2D eigenvalue weighted by Gasteiger charge is 2.13. The third-order valence-corrected chi connectivity index (χ3v) is 3.30. The van der Waals surface area contributed by atoms with E-state index in [0.717, 1.165) is 4.57 Å². The van der Waals surface area contributed by atoms with Gasteiger partial charge in [0.25, 0.3) is 5.56 Å². The Morgan fingerprint density at radius 2 is 1.95 bits per heavy atom. The van der Waals surface area contributed by atoms with Crippen LogP contribution in [0.5, 0.6) is 11.5 Å². The minimum Gasteiger partial charge on any atom is -0.504 e. The molecule has 6 heteroatoms. The molecule has 0 saturated heterocycles. The molecule has 0 aliphatic rings. The van der Waals surface area contributed by atoms with Crippen LogP contribution in [0.1, 0.15) is 11.1 Å². The summed E-state index contributed by atoms with van der Waals surface area (Å²) in [5.74, 6) is 0.290. The number of nitrogens with zero attached hydrogens (tertiary/aromatic N) is 2. The first-order valence-corrected chi connectivity index (χ1v) is 6.20. The van der Waals surface area contributed by atoms with E-state index in [0.29, 0.717) is 22.4 Å². The highest BCUT2D eigenvalue weighted by Crippen LogP contribution is 2.30. The van der Waals surface area contributed by atoms with E-state index in [-0.39, 0.29) is 5.75 Å². The highest BCUT2D eigenvalue weighted by atomic mass is 16.5. The molecule has 110 valence electrons. The molecule has 0 spiro atoms. The second-order valence-corrected chi connectivity index (χ2v) is 4.67. The average Bonchev–Trinajstić information content (AvgIpc) is 2.48. The van der Waals surface area contributed by atoms with Gasteiger partial charge in [0.05, 0.1) is 12.7 Å². The lowest BCUT2D eigenvalue weighted by Gasteiger charge is -2.11. The van der Waals surface area contributed by atoms with Gasteiger partial charge in [-0.2, -0.15) is 0 Å². The predicted molar refractivity (Wildman–Crippen MR) is 79.7 cm³/mol. The first-order valence-electron chi connectivity index (χ1n) is 6.20. The topological polar surface area (TPSA) is 73.5 Å². The summed E-state index contributed by atoms with van der Waals surface area (Å²) in [4.78, 5) is 23.8. The van der Waals surface area contributed by atoms with E-state index in [1.165, 1.54) is 31.0 Å². The van der Waals surface area contributed by atoms with Crippen molar-refractivity contribution in [2.24, 2.45) is 14.1 Å². The van der Waals surface area contributed by atoms with Crippen LogP contribution in [0.15, 0.2) is 40.6 Å². The van der Waals surface area contributed by atoms with Crippen LogP contribution in [0.3, 0.4) is 0 Å². The molecule has 1 aromatic carbocycles. The van der Waals surface area contributed by atoms with E-state index >= 15 is 0 Å². The van der Waals surface area contributed by atoms with Crippen LogP contribution in [0.4, 0.5) is 0 Å². The summed E-state index contributed by atoms with van der Waals surface area (Å²) in [6.07, 6.45) is 1.44. The molecule has 21 heavy (non-hydrogen) atoms. The molecule has 0 fully saturated rings. The maximum Gasteiger partial charge on any atom is 0.330 e. The lowest BCUT2D eigenvalue weighted by atomic mass is 10.0. The van der Waals surface area contributed by atoms with Gasteiger partial charge in [-0.05, 0) is 23.3 Å². The number of rotatable bonds is 3. The molecule has 0 saturated carbocycles. The van der Waals surface area contributed by atoms with Gasteiger partial charge >= 0.3 is 5.69 Å². The van der Waals surface area contributed by atoms with Crippen LogP contribution >= 0.6 is 0 Å². The number of aryl methyl sites for hydroxylation is 1. The minimum absolute atomic E-state index is 0.0437. The number of hydrogen-bond acceptors (Lipinski definition) is 4. The lowest BCUT2D eigenvalue weighted by molar-refractivity contribution is 0.373. The van der Waals surface area contributed by atoms with Crippen molar-refractivity contribution in [3.8, 4) is 11.5 Å². The van der Waals surface area contributed by atoms with Crippen LogP contribution in [0, 0.1) is 0 Å². The van der Waals surface area contributed by atoms with E-state index < -0.39 is 11.2 Å². The van der Waals surface area contributed by atoms with Crippen molar-refractivity contribution < 1.29 is 9.84 Å². The van der Waals surface area contributed by atoms with Crippen molar-refractivity contribution in [3.63, 3.8) is 0 Å². The van der Waals surface area contributed by atoms with Crippen LogP contribution in [-0.2, 0) is 14.1 Å². The monoisotopic (exact) mass is 288 g/mol. The number of phenolic OH excluding ortho intramolecular Hbond substituents is 1. The summed E-state index contributed by atoms with van der Waals surface area (Å²) in [6, 6.07) is 4.74. The molecule has 2 aromatic rings. The molecule has 0 amide bonds. The first kappa shape index (κ1) is 14.6. The third-order valence-electron chi connectivity index (χ3n) is 3.30. The van der Waals surface area contributed by atoms with Gasteiger partial charge in [0, 0.05) is 20.3 Å². The number of aromatic nitrogens is 2. The number of hydrogen-bond donors (Lipinski definition) is 1. The molecule has 1 aromatic heterocycles. The summed E-state index contributed by atoms with van der Waals surface area (Å²) in [6.45, 7) is 3.88. The van der Waals surface area contributed by atoms with Crippen molar-refractivity contribution >= 4 is 5.57 Å². The van der Waals surface area contributed by atoms with Gasteiger partial charge in [0.1, 0.15) is 0 Å². The number of ether oxygens (including phenoxy) is 1. The maximum absolute atomic E-state index is 12.2. The standard InChI is InChI=1S/C15H16N2O4/c1-9(10-5-6-13(21-4)12(18)7-10)11-8-16(2)15(20)17(3)14(11)19/h5-8,18H,1H2,2-4H3. The molecular weight excluding hydrogens is 272 g/mol. The third kappa shape index (κ3) is 2.47. The maximum atomic E-state index is 12.2. The molecule has 0 radical (unpaired) electrons. The summed E-state index contributed by atoms with van der Waals surface area (Å²) < 4.78 is 7.30. The Balaban J connectivity index is 2.58. The van der Waals surface area contributed by atoms with E-state index in [1.54, 1.807) is 19.2 Å². The molecule has 2 rings (SSSR count). The molecule has 1 N–H and O–H groups in total. The predicted octanol–water partition coefficient (Wildman–Crippen LogP) is 0.860. The zero-order valence-electron chi connectivity index (χ0n) is 12.1. The second kappa shape index (κ2) is 5.32. The molecule has 0 unspecified atom stereocenters. The fourth-order valence-electron chi connectivity index (χ4n) is 2.05. The van der Waals surface area contributed by atoms with Crippen LogP contribution in [0.2, 0.25) is 0 Å². The van der Waals surface area contributed by atoms with E-state index in [9.17, 15) is 14.7 Å². The van der Waals surface area contributed by atoms with Gasteiger partial charge in [0.15, 0.2) is 11.5 Å². The van der Waals surface area contributed by atoms with Gasteiger partial charge in [-0.25, -0.2) is 4.79 Å². The van der Waals surface area contributed by atoms with E-state index in [4.69, 9.17) is 4.74 Å². The number of methoxy groups -OCH3 is 1. The van der Waals surface area contributed by atoms with Crippen molar-refractivity contribution in [1.82, 2.24) is 9.13 Å². The minimum atomic E-state index is -0.432. The Labute approximate surface area is 121 Å². The Morgan fingerprint density at radius 3 is 2.52 bits per heavy atom. The lowest BCUT2D eigenvalue weighted by Crippen LogP contribution is -2.38. The van der Waals surface area contributed by atoms with Crippen molar-refractivity contribution in [2.45, 2.75) is 0 Å². The number of phenols is 1. The smallest absolute Gasteiger partial charge is 0.330 e. The Morgan fingerprint density at radius 1 is 1.29 bits per heavy atom. The van der Waals surface area contributed by atoms with Crippen LogP contribution < -0.4 is 16.0 Å². The Kier molecular flexibility index (Phi) is 3.71. The normalized spacial score (nSPS) is 10.4. The summed E-state index contributed by atoms with van der Waals surface area (Å²) >= 11 is 0. The molecule has 0 bridgehead atoms. The Bertz CT molecular complexity index is 831.